The van der Waals surface area contributed by atoms with Gasteiger partial charge in [-0.25, -0.2) is 4.99 Å². The van der Waals surface area contributed by atoms with Gasteiger partial charge in [-0.3, -0.25) is 0 Å². The van der Waals surface area contributed by atoms with E-state index >= 15 is 0 Å². The highest BCUT2D eigenvalue weighted by Gasteiger charge is 2.04. The van der Waals surface area contributed by atoms with Crippen molar-refractivity contribution in [3.63, 3.8) is 0 Å². The summed E-state index contributed by atoms with van der Waals surface area (Å²) in [6.07, 6.45) is 3.68. The number of hydrogen-bond donors (Lipinski definition) is 1. The van der Waals surface area contributed by atoms with E-state index in [9.17, 15) is 4.55 Å². The molecule has 0 aliphatic carbocycles. The first kappa shape index (κ1) is 12.1. The van der Waals surface area contributed by atoms with E-state index in [0.29, 0.717) is 25.5 Å². The van der Waals surface area contributed by atoms with E-state index in [0.717, 1.165) is 0 Å². The molecule has 0 fully saturated rings. The van der Waals surface area contributed by atoms with Crippen molar-refractivity contribution in [1.82, 2.24) is 0 Å². The fraction of sp³-hybridized carbons (Fsp3) is 0.857. The van der Waals surface area contributed by atoms with Gasteiger partial charge in [-0.05, 0) is 24.7 Å². The van der Waals surface area contributed by atoms with Crippen molar-refractivity contribution >= 4 is 27.7 Å². The van der Waals surface area contributed by atoms with E-state index in [1.54, 1.807) is 0 Å². The number of isothiocyanates is 1. The Labute approximate surface area is 80.4 Å². The van der Waals surface area contributed by atoms with E-state index in [1.165, 1.54) is 0 Å². The molecule has 0 radical (unpaired) electrons. The van der Waals surface area contributed by atoms with Crippen molar-refractivity contribution in [2.75, 3.05) is 38.0 Å². The van der Waals surface area contributed by atoms with Crippen LogP contribution < -0.4 is 0 Å². The zero-order valence-electron chi connectivity index (χ0n) is 7.45. The van der Waals surface area contributed by atoms with Crippen LogP contribution >= 0.6 is 22.5 Å². The summed E-state index contributed by atoms with van der Waals surface area (Å²) in [7, 11) is -1.41. The smallest absolute Gasteiger partial charge is 0.0727 e. The standard InChI is InChI=1S/C7H15NO2S2/c1-12(2,9)6-5-10-4-3-8-7-11/h9H,3-6H2,1-2H3. The van der Waals surface area contributed by atoms with Gasteiger partial charge >= 0.3 is 0 Å². The summed E-state index contributed by atoms with van der Waals surface area (Å²) in [6, 6.07) is 0. The Bertz CT molecular complexity index is 161. The molecule has 3 nitrogen and oxygen atoms in total. The predicted molar refractivity (Wildman–Crippen MR) is 57.6 cm³/mol. The lowest BCUT2D eigenvalue weighted by molar-refractivity contribution is 0.157. The zero-order valence-corrected chi connectivity index (χ0v) is 9.08. The van der Waals surface area contributed by atoms with Gasteiger partial charge < -0.3 is 9.29 Å². The quantitative estimate of drug-likeness (QED) is 0.411. The van der Waals surface area contributed by atoms with Crippen molar-refractivity contribution in [1.29, 1.82) is 0 Å². The van der Waals surface area contributed by atoms with Gasteiger partial charge in [0.1, 0.15) is 0 Å². The summed E-state index contributed by atoms with van der Waals surface area (Å²) >= 11 is 4.38. The van der Waals surface area contributed by atoms with Gasteiger partial charge in [0, 0.05) is 5.75 Å². The molecule has 0 bridgehead atoms. The Morgan fingerprint density at radius 2 is 2.17 bits per heavy atom. The molecule has 5 heteroatoms. The van der Waals surface area contributed by atoms with E-state index in [1.807, 2.05) is 12.5 Å². The van der Waals surface area contributed by atoms with Gasteiger partial charge in [0.2, 0.25) is 0 Å². The number of rotatable bonds is 6. The first-order chi connectivity index (χ1) is 5.56. The van der Waals surface area contributed by atoms with Gasteiger partial charge in [0.15, 0.2) is 0 Å². The number of ether oxygens (including phenoxy) is 1. The molecule has 0 aromatic rings. The molecule has 0 unspecified atom stereocenters. The van der Waals surface area contributed by atoms with Crippen LogP contribution in [-0.2, 0) is 4.74 Å². The van der Waals surface area contributed by atoms with Crippen LogP contribution in [0.1, 0.15) is 0 Å². The van der Waals surface area contributed by atoms with Crippen LogP contribution in [0.5, 0.6) is 0 Å². The summed E-state index contributed by atoms with van der Waals surface area (Å²) in [6.45, 7) is 1.70. The Hall–Kier alpha value is 0.0700. The maximum Gasteiger partial charge on any atom is 0.0727 e. The van der Waals surface area contributed by atoms with Crippen LogP contribution in [0.2, 0.25) is 0 Å². The fourth-order valence-electron chi connectivity index (χ4n) is 0.521. The Morgan fingerprint density at radius 1 is 1.50 bits per heavy atom. The zero-order chi connectivity index (χ0) is 9.45. The summed E-state index contributed by atoms with van der Waals surface area (Å²) < 4.78 is 14.6. The Balaban J connectivity index is 3.16. The summed E-state index contributed by atoms with van der Waals surface area (Å²) in [5.41, 5.74) is 0. The average molecular weight is 209 g/mol. The van der Waals surface area contributed by atoms with Crippen LogP contribution in [-0.4, -0.2) is 47.7 Å². The third-order valence-corrected chi connectivity index (χ3v) is 2.43. The molecule has 0 atom stereocenters. The van der Waals surface area contributed by atoms with Crippen LogP contribution in [0.3, 0.4) is 0 Å². The van der Waals surface area contributed by atoms with E-state index in [4.69, 9.17) is 4.74 Å². The molecule has 0 heterocycles. The second-order valence-corrected chi connectivity index (χ2v) is 6.32. The lowest BCUT2D eigenvalue weighted by atomic mass is 10.7. The Kier molecular flexibility index (Phi) is 6.61. The topological polar surface area (TPSA) is 41.8 Å². The molecule has 1 N–H and O–H groups in total. The number of aliphatic imine (C=N–C) groups is 1. The van der Waals surface area contributed by atoms with Crippen molar-refractivity contribution in [2.24, 2.45) is 4.99 Å². The highest BCUT2D eigenvalue weighted by atomic mass is 32.3. The van der Waals surface area contributed by atoms with Crippen LogP contribution in [0.4, 0.5) is 0 Å². The highest BCUT2D eigenvalue weighted by molar-refractivity contribution is 8.28. The van der Waals surface area contributed by atoms with Gasteiger partial charge in [0.25, 0.3) is 0 Å². The number of hydrogen-bond acceptors (Lipinski definition) is 4. The van der Waals surface area contributed by atoms with Gasteiger partial charge in [-0.1, -0.05) is 0 Å². The normalized spacial score (nSPS) is 12.2. The summed E-state index contributed by atoms with van der Waals surface area (Å²) in [5, 5.41) is 2.26. The van der Waals surface area contributed by atoms with Gasteiger partial charge in [0.05, 0.1) is 24.9 Å². The molecule has 0 saturated carbocycles. The Morgan fingerprint density at radius 3 is 2.67 bits per heavy atom. The third-order valence-electron chi connectivity index (χ3n) is 1.14. The van der Waals surface area contributed by atoms with E-state index in [2.05, 4.69) is 22.4 Å². The highest BCUT2D eigenvalue weighted by Crippen LogP contribution is 2.32. The summed E-state index contributed by atoms with van der Waals surface area (Å²) in [5.74, 6) is 0.717. The molecule has 72 valence electrons. The maximum absolute atomic E-state index is 9.37. The van der Waals surface area contributed by atoms with Crippen molar-refractivity contribution in [2.45, 2.75) is 0 Å². The lowest BCUT2D eigenvalue weighted by Gasteiger charge is -2.22. The number of nitrogens with zero attached hydrogens (tertiary/aromatic N) is 1. The molecule has 0 spiro atoms. The van der Waals surface area contributed by atoms with E-state index in [-0.39, 0.29) is 0 Å². The van der Waals surface area contributed by atoms with E-state index < -0.39 is 10.3 Å². The fourth-order valence-corrected chi connectivity index (χ4v) is 1.14. The third kappa shape index (κ3) is 10.1. The van der Waals surface area contributed by atoms with Crippen LogP contribution in [0, 0.1) is 0 Å². The average Bonchev–Trinajstić information content (AvgIpc) is 1.94. The molecule has 12 heavy (non-hydrogen) atoms. The maximum atomic E-state index is 9.37. The lowest BCUT2D eigenvalue weighted by Crippen LogP contribution is -2.08. The molecule has 0 saturated heterocycles. The molecule has 0 rings (SSSR count). The monoisotopic (exact) mass is 209 g/mol. The minimum atomic E-state index is -1.41. The molecular formula is C7H15NO2S2. The second kappa shape index (κ2) is 6.57. The second-order valence-electron chi connectivity index (χ2n) is 2.77. The van der Waals surface area contributed by atoms with Crippen molar-refractivity contribution in [3.8, 4) is 0 Å². The molecule has 0 aromatic heterocycles. The molecule has 0 amide bonds. The number of thiocarbonyl (C=S) groups is 1. The molecule has 0 aromatic carbocycles. The van der Waals surface area contributed by atoms with Crippen LogP contribution in [0.25, 0.3) is 0 Å². The summed E-state index contributed by atoms with van der Waals surface area (Å²) in [4.78, 5) is 3.69. The minimum Gasteiger partial charge on any atom is -0.379 e. The molecule has 0 aliphatic heterocycles. The SMILES string of the molecule is CS(C)(O)CCOCCN=C=S. The first-order valence-electron chi connectivity index (χ1n) is 3.61. The van der Waals surface area contributed by atoms with Gasteiger partial charge in [-0.15, -0.1) is 10.3 Å². The molecular weight excluding hydrogens is 194 g/mol. The van der Waals surface area contributed by atoms with Gasteiger partial charge in [-0.2, -0.15) is 0 Å². The first-order valence-corrected chi connectivity index (χ1v) is 6.59. The molecule has 0 aliphatic rings. The van der Waals surface area contributed by atoms with Crippen molar-refractivity contribution < 1.29 is 9.29 Å². The largest absolute Gasteiger partial charge is 0.379 e. The predicted octanol–water partition coefficient (Wildman–Crippen LogP) is 1.64. The van der Waals surface area contributed by atoms with Crippen LogP contribution in [0.15, 0.2) is 4.99 Å². The van der Waals surface area contributed by atoms with Crippen molar-refractivity contribution in [3.05, 3.63) is 0 Å². The minimum absolute atomic E-state index is 0.555.